The number of amides is 2. The number of nitrogens with two attached hydrogens (primary N) is 1. The van der Waals surface area contributed by atoms with Crippen molar-refractivity contribution >= 4 is 17.5 Å². The van der Waals surface area contributed by atoms with Gasteiger partial charge in [0.25, 0.3) is 5.91 Å². The summed E-state index contributed by atoms with van der Waals surface area (Å²) in [6.07, 6.45) is 1.31. The summed E-state index contributed by atoms with van der Waals surface area (Å²) in [5.74, 6) is 5.24. The second-order valence-corrected chi connectivity index (χ2v) is 4.69. The minimum Gasteiger partial charge on any atom is -0.352 e. The third-order valence-corrected chi connectivity index (χ3v) is 3.24. The second kappa shape index (κ2) is 5.71. The van der Waals surface area contributed by atoms with Crippen molar-refractivity contribution in [3.05, 3.63) is 29.3 Å². The van der Waals surface area contributed by atoms with E-state index in [-0.39, 0.29) is 17.9 Å². The van der Waals surface area contributed by atoms with E-state index in [0.717, 1.165) is 17.7 Å². The second-order valence-electron chi connectivity index (χ2n) is 4.69. The molecule has 1 atom stereocenters. The Hall–Kier alpha value is -2.08. The summed E-state index contributed by atoms with van der Waals surface area (Å²) in [5.41, 5.74) is 4.85. The van der Waals surface area contributed by atoms with Crippen LogP contribution in [0.4, 0.5) is 5.69 Å². The molecule has 0 aliphatic carbocycles. The lowest BCUT2D eigenvalue weighted by Gasteiger charge is -2.12. The van der Waals surface area contributed by atoms with Crippen LogP contribution in [-0.4, -0.2) is 24.4 Å². The molecule has 1 aromatic rings. The van der Waals surface area contributed by atoms with E-state index in [9.17, 15) is 9.59 Å². The fourth-order valence-electron chi connectivity index (χ4n) is 2.12. The van der Waals surface area contributed by atoms with Crippen LogP contribution >= 0.6 is 0 Å². The summed E-state index contributed by atoms with van der Waals surface area (Å²) in [5, 5.41) is 5.63. The predicted molar refractivity (Wildman–Crippen MR) is 72.5 cm³/mol. The van der Waals surface area contributed by atoms with Crippen LogP contribution in [0.5, 0.6) is 0 Å². The lowest BCUT2D eigenvalue weighted by molar-refractivity contribution is -0.119. The van der Waals surface area contributed by atoms with Gasteiger partial charge in [0.1, 0.15) is 0 Å². The molecule has 102 valence electrons. The van der Waals surface area contributed by atoms with Crippen molar-refractivity contribution in [1.82, 2.24) is 10.6 Å². The highest BCUT2D eigenvalue weighted by Gasteiger charge is 2.21. The van der Waals surface area contributed by atoms with Gasteiger partial charge in [-0.25, -0.2) is 0 Å². The number of nitrogens with one attached hydrogen (secondary N) is 3. The number of nitrogen functional groups attached to an aromatic ring is 1. The number of benzene rings is 1. The summed E-state index contributed by atoms with van der Waals surface area (Å²) in [6.45, 7) is 2.34. The van der Waals surface area contributed by atoms with Crippen molar-refractivity contribution in [3.63, 3.8) is 0 Å². The summed E-state index contributed by atoms with van der Waals surface area (Å²) in [4.78, 5) is 23.0. The fourth-order valence-corrected chi connectivity index (χ4v) is 2.12. The zero-order valence-corrected chi connectivity index (χ0v) is 10.8. The van der Waals surface area contributed by atoms with E-state index in [1.807, 2.05) is 6.92 Å². The van der Waals surface area contributed by atoms with Crippen LogP contribution in [0.15, 0.2) is 18.2 Å². The van der Waals surface area contributed by atoms with Gasteiger partial charge in [-0.2, -0.15) is 0 Å². The smallest absolute Gasteiger partial charge is 0.251 e. The Labute approximate surface area is 111 Å². The minimum atomic E-state index is -0.146. The molecular weight excluding hydrogens is 244 g/mol. The topological polar surface area (TPSA) is 96.2 Å². The van der Waals surface area contributed by atoms with E-state index in [1.54, 1.807) is 18.2 Å². The Balaban J connectivity index is 1.92. The molecule has 2 rings (SSSR count). The van der Waals surface area contributed by atoms with E-state index in [0.29, 0.717) is 18.5 Å². The van der Waals surface area contributed by atoms with E-state index in [1.165, 1.54) is 0 Å². The maximum atomic E-state index is 12.0. The molecule has 1 fully saturated rings. The summed E-state index contributed by atoms with van der Waals surface area (Å²) >= 11 is 0. The third kappa shape index (κ3) is 3.23. The molecule has 6 heteroatoms. The van der Waals surface area contributed by atoms with Crippen LogP contribution in [0.1, 0.15) is 28.8 Å². The normalized spacial score (nSPS) is 18.0. The molecule has 5 N–H and O–H groups in total. The number of hydrazine groups is 1. The molecule has 1 unspecified atom stereocenters. The average Bonchev–Trinajstić information content (AvgIpc) is 2.81. The van der Waals surface area contributed by atoms with E-state index < -0.39 is 0 Å². The van der Waals surface area contributed by atoms with Crippen molar-refractivity contribution in [1.29, 1.82) is 0 Å². The number of carbonyl (C=O) groups is 2. The van der Waals surface area contributed by atoms with Gasteiger partial charge in [0.15, 0.2) is 0 Å². The Kier molecular flexibility index (Phi) is 4.01. The van der Waals surface area contributed by atoms with Gasteiger partial charge in [-0.1, -0.05) is 0 Å². The first kappa shape index (κ1) is 13.4. The molecule has 0 spiro atoms. The average molecular weight is 262 g/mol. The number of carbonyl (C=O) groups excluding carboxylic acids is 2. The Morgan fingerprint density at radius 1 is 1.53 bits per heavy atom. The van der Waals surface area contributed by atoms with Gasteiger partial charge in [-0.3, -0.25) is 15.4 Å². The van der Waals surface area contributed by atoms with Crippen molar-refractivity contribution in [2.24, 2.45) is 5.84 Å². The highest BCUT2D eigenvalue weighted by molar-refractivity contribution is 5.95. The van der Waals surface area contributed by atoms with Gasteiger partial charge in [-0.15, -0.1) is 0 Å². The Morgan fingerprint density at radius 2 is 2.32 bits per heavy atom. The largest absolute Gasteiger partial charge is 0.352 e. The molecule has 1 heterocycles. The van der Waals surface area contributed by atoms with Gasteiger partial charge in [-0.05, 0) is 37.1 Å². The number of hydrogen-bond acceptors (Lipinski definition) is 4. The molecule has 19 heavy (non-hydrogen) atoms. The van der Waals surface area contributed by atoms with Gasteiger partial charge in [0, 0.05) is 24.6 Å². The highest BCUT2D eigenvalue weighted by Crippen LogP contribution is 2.15. The first-order valence-electron chi connectivity index (χ1n) is 6.25. The van der Waals surface area contributed by atoms with Crippen molar-refractivity contribution in [3.8, 4) is 0 Å². The zero-order valence-electron chi connectivity index (χ0n) is 10.8. The van der Waals surface area contributed by atoms with Crippen molar-refractivity contribution in [2.45, 2.75) is 25.8 Å². The highest BCUT2D eigenvalue weighted by atomic mass is 16.2. The number of rotatable bonds is 4. The van der Waals surface area contributed by atoms with Crippen LogP contribution in [0.2, 0.25) is 0 Å². The maximum Gasteiger partial charge on any atom is 0.251 e. The third-order valence-electron chi connectivity index (χ3n) is 3.24. The Bertz CT molecular complexity index is 501. The molecule has 1 aliphatic rings. The molecule has 0 saturated carbocycles. The van der Waals surface area contributed by atoms with E-state index in [2.05, 4.69) is 16.1 Å². The lowest BCUT2D eigenvalue weighted by Crippen LogP contribution is -2.38. The SMILES string of the molecule is Cc1cc(C(=O)NCC2CCC(=O)N2)ccc1NN. The molecule has 0 bridgehead atoms. The summed E-state index contributed by atoms with van der Waals surface area (Å²) in [7, 11) is 0. The van der Waals surface area contributed by atoms with E-state index >= 15 is 0 Å². The van der Waals surface area contributed by atoms with Gasteiger partial charge < -0.3 is 16.1 Å². The number of aryl methyl sites for hydroxylation is 1. The first-order chi connectivity index (χ1) is 9.10. The molecule has 1 aromatic carbocycles. The van der Waals surface area contributed by atoms with Crippen LogP contribution < -0.4 is 21.9 Å². The van der Waals surface area contributed by atoms with Crippen molar-refractivity contribution < 1.29 is 9.59 Å². The molecule has 1 aliphatic heterocycles. The molecule has 0 radical (unpaired) electrons. The van der Waals surface area contributed by atoms with Crippen LogP contribution in [0, 0.1) is 6.92 Å². The van der Waals surface area contributed by atoms with Gasteiger partial charge in [0.2, 0.25) is 5.91 Å². The van der Waals surface area contributed by atoms with Gasteiger partial charge >= 0.3 is 0 Å². The van der Waals surface area contributed by atoms with Crippen molar-refractivity contribution in [2.75, 3.05) is 12.0 Å². The molecule has 0 aromatic heterocycles. The fraction of sp³-hybridized carbons (Fsp3) is 0.385. The monoisotopic (exact) mass is 262 g/mol. The molecule has 6 nitrogen and oxygen atoms in total. The summed E-state index contributed by atoms with van der Waals surface area (Å²) < 4.78 is 0. The number of anilines is 1. The quantitative estimate of drug-likeness (QED) is 0.463. The standard InChI is InChI=1S/C13H18N4O2/c1-8-6-9(2-4-11(8)17-14)13(19)15-7-10-3-5-12(18)16-10/h2,4,6,10,17H,3,5,7,14H2,1H3,(H,15,19)(H,16,18). The van der Waals surface area contributed by atoms with Crippen LogP contribution in [0.3, 0.4) is 0 Å². The minimum absolute atomic E-state index is 0.0440. The Morgan fingerprint density at radius 3 is 2.89 bits per heavy atom. The molecule has 2 amide bonds. The lowest BCUT2D eigenvalue weighted by atomic mass is 10.1. The molecule has 1 saturated heterocycles. The van der Waals surface area contributed by atoms with Gasteiger partial charge in [0.05, 0.1) is 5.69 Å². The maximum absolute atomic E-state index is 12.0. The molecular formula is C13H18N4O2. The number of hydrogen-bond donors (Lipinski definition) is 4. The summed E-state index contributed by atoms with van der Waals surface area (Å²) in [6, 6.07) is 5.30. The van der Waals surface area contributed by atoms with Crippen LogP contribution in [0.25, 0.3) is 0 Å². The van der Waals surface area contributed by atoms with E-state index in [4.69, 9.17) is 5.84 Å². The first-order valence-corrected chi connectivity index (χ1v) is 6.25. The van der Waals surface area contributed by atoms with Crippen LogP contribution in [-0.2, 0) is 4.79 Å². The predicted octanol–water partition coefficient (Wildman–Crippen LogP) is 0.289. The zero-order chi connectivity index (χ0) is 13.8.